The van der Waals surface area contributed by atoms with E-state index in [4.69, 9.17) is 21.1 Å². The lowest BCUT2D eigenvalue weighted by Crippen LogP contribution is -2.36. The molecule has 4 rings (SSSR count). The van der Waals surface area contributed by atoms with Gasteiger partial charge in [-0.2, -0.15) is 0 Å². The van der Waals surface area contributed by atoms with Gasteiger partial charge >= 0.3 is 0 Å². The second-order valence-corrected chi connectivity index (χ2v) is 8.73. The number of halogens is 1. The number of nitrogens with one attached hydrogen (secondary N) is 1. The van der Waals surface area contributed by atoms with Crippen molar-refractivity contribution < 1.29 is 9.47 Å². The highest BCUT2D eigenvalue weighted by Gasteiger charge is 2.10. The zero-order chi connectivity index (χ0) is 22.0. The number of hydrogen-bond acceptors (Lipinski definition) is 8. The van der Waals surface area contributed by atoms with E-state index in [9.17, 15) is 0 Å². The van der Waals surface area contributed by atoms with Crippen molar-refractivity contribution in [2.45, 2.75) is 18.2 Å². The van der Waals surface area contributed by atoms with Gasteiger partial charge in [0.25, 0.3) is 0 Å². The Balaban J connectivity index is 1.26. The first kappa shape index (κ1) is 22.8. The first-order valence-corrected chi connectivity index (χ1v) is 12.0. The van der Waals surface area contributed by atoms with Crippen LogP contribution in [0.3, 0.4) is 0 Å². The minimum atomic E-state index is 0.366. The Morgan fingerprint density at radius 1 is 1.09 bits per heavy atom. The Bertz CT molecular complexity index is 989. The van der Waals surface area contributed by atoms with E-state index in [1.165, 1.54) is 0 Å². The third-order valence-electron chi connectivity index (χ3n) is 4.89. The van der Waals surface area contributed by atoms with E-state index in [-0.39, 0.29) is 0 Å². The number of morpholine rings is 1. The zero-order valence-electron chi connectivity index (χ0n) is 17.7. The number of benzene rings is 1. The molecule has 9 heteroatoms. The van der Waals surface area contributed by atoms with Gasteiger partial charge in [0, 0.05) is 36.9 Å². The summed E-state index contributed by atoms with van der Waals surface area (Å²) in [4.78, 5) is 15.7. The van der Waals surface area contributed by atoms with E-state index in [1.54, 1.807) is 24.2 Å². The first-order chi connectivity index (χ1) is 15.8. The summed E-state index contributed by atoms with van der Waals surface area (Å²) in [5, 5.41) is 4.58. The summed E-state index contributed by atoms with van der Waals surface area (Å²) in [5.74, 6) is 2.32. The number of thioether (sulfide) groups is 1. The molecule has 0 saturated carbocycles. The Hall–Kier alpha value is -2.39. The molecule has 0 unspecified atom stereocenters. The normalized spacial score (nSPS) is 14.3. The van der Waals surface area contributed by atoms with Gasteiger partial charge in [0.2, 0.25) is 0 Å². The lowest BCUT2D eigenvalue weighted by Gasteiger charge is -2.26. The molecular weight excluding hydrogens is 446 g/mol. The maximum atomic E-state index is 6.41. The number of aromatic nitrogens is 3. The van der Waals surface area contributed by atoms with Crippen LogP contribution in [0.5, 0.6) is 5.75 Å². The van der Waals surface area contributed by atoms with Crippen LogP contribution in [0.15, 0.2) is 60.0 Å². The predicted octanol–water partition coefficient (Wildman–Crippen LogP) is 4.66. The summed E-state index contributed by atoms with van der Waals surface area (Å²) in [6, 6.07) is 13.1. The van der Waals surface area contributed by atoms with Crippen LogP contribution in [0, 0.1) is 0 Å². The van der Waals surface area contributed by atoms with E-state index in [0.29, 0.717) is 17.4 Å². The summed E-state index contributed by atoms with van der Waals surface area (Å²) in [7, 11) is 0. The molecule has 0 aliphatic carbocycles. The molecule has 0 radical (unpaired) electrons. The molecule has 0 spiro atoms. The topological polar surface area (TPSA) is 72.4 Å². The number of nitrogens with zero attached hydrogens (tertiary/aromatic N) is 4. The fourth-order valence-electron chi connectivity index (χ4n) is 3.24. The quantitative estimate of drug-likeness (QED) is 0.260. The van der Waals surface area contributed by atoms with Crippen LogP contribution in [-0.4, -0.2) is 58.5 Å². The van der Waals surface area contributed by atoms with E-state index < -0.39 is 0 Å². The molecule has 1 fully saturated rings. The van der Waals surface area contributed by atoms with Crippen LogP contribution >= 0.6 is 23.4 Å². The molecule has 0 amide bonds. The van der Waals surface area contributed by atoms with Gasteiger partial charge in [0.05, 0.1) is 23.9 Å². The van der Waals surface area contributed by atoms with E-state index >= 15 is 0 Å². The van der Waals surface area contributed by atoms with Crippen molar-refractivity contribution in [2.24, 2.45) is 0 Å². The first-order valence-electron chi connectivity index (χ1n) is 10.6. The summed E-state index contributed by atoms with van der Waals surface area (Å²) in [6.45, 7) is 5.18. The molecular formula is C23H26ClN5O2S. The van der Waals surface area contributed by atoms with Crippen LogP contribution in [0.4, 0.5) is 11.5 Å². The average molecular weight is 472 g/mol. The van der Waals surface area contributed by atoms with Crippen molar-refractivity contribution in [2.75, 3.05) is 43.9 Å². The monoisotopic (exact) mass is 471 g/mol. The number of anilines is 2. The number of hydrogen-bond donors (Lipinski definition) is 1. The molecule has 2 aromatic heterocycles. The predicted molar refractivity (Wildman–Crippen MR) is 128 cm³/mol. The van der Waals surface area contributed by atoms with Gasteiger partial charge in [-0.1, -0.05) is 29.4 Å². The van der Waals surface area contributed by atoms with Gasteiger partial charge < -0.3 is 14.8 Å². The molecule has 1 aromatic carbocycles. The van der Waals surface area contributed by atoms with Crippen LogP contribution in [-0.2, 0) is 11.3 Å². The van der Waals surface area contributed by atoms with Crippen molar-refractivity contribution in [3.05, 3.63) is 65.6 Å². The second-order valence-electron chi connectivity index (χ2n) is 7.26. The lowest BCUT2D eigenvalue weighted by molar-refractivity contribution is 0.0381. The fraction of sp³-hybridized carbons (Fsp3) is 0.348. The third kappa shape index (κ3) is 7.06. The highest BCUT2D eigenvalue weighted by Crippen LogP contribution is 2.29. The number of pyridine rings is 1. The Morgan fingerprint density at radius 2 is 2.00 bits per heavy atom. The van der Waals surface area contributed by atoms with Gasteiger partial charge in [-0.3, -0.25) is 9.88 Å². The average Bonchev–Trinajstić information content (AvgIpc) is 2.83. The van der Waals surface area contributed by atoms with Crippen LogP contribution in [0.2, 0.25) is 5.02 Å². The number of ether oxygens (including phenoxy) is 2. The molecule has 1 saturated heterocycles. The highest BCUT2D eigenvalue weighted by atomic mass is 35.5. The highest BCUT2D eigenvalue weighted by molar-refractivity contribution is 7.99. The van der Waals surface area contributed by atoms with Gasteiger partial charge in [0.1, 0.15) is 18.2 Å². The largest absolute Gasteiger partial charge is 0.486 e. The van der Waals surface area contributed by atoms with Crippen molar-refractivity contribution in [1.29, 1.82) is 0 Å². The fourth-order valence-corrected chi connectivity index (χ4v) is 4.22. The molecule has 1 N–H and O–H groups in total. The minimum absolute atomic E-state index is 0.366. The maximum Gasteiger partial charge on any atom is 0.189 e. The Kier molecular flexibility index (Phi) is 8.56. The van der Waals surface area contributed by atoms with Gasteiger partial charge in [0.15, 0.2) is 5.16 Å². The van der Waals surface area contributed by atoms with Gasteiger partial charge in [-0.15, -0.1) is 0 Å². The Labute approximate surface area is 197 Å². The molecule has 7 nitrogen and oxygen atoms in total. The molecule has 0 atom stereocenters. The van der Waals surface area contributed by atoms with Crippen molar-refractivity contribution in [3.8, 4) is 5.75 Å². The third-order valence-corrected chi connectivity index (χ3v) is 6.14. The standard InChI is InChI=1S/C23H26ClN5O2S/c24-20-16-18(5-6-21(20)31-17-19-4-1-2-8-25-19)27-22-7-9-26-23(28-22)32-15-3-10-29-11-13-30-14-12-29/h1-2,4-9,16H,3,10-15,17H2,(H,26,27,28). The summed E-state index contributed by atoms with van der Waals surface area (Å²) >= 11 is 8.08. The lowest BCUT2D eigenvalue weighted by atomic mass is 10.3. The van der Waals surface area contributed by atoms with Gasteiger partial charge in [-0.25, -0.2) is 9.97 Å². The van der Waals surface area contributed by atoms with Crippen LogP contribution in [0.1, 0.15) is 12.1 Å². The summed E-state index contributed by atoms with van der Waals surface area (Å²) in [6.07, 6.45) is 4.61. The maximum absolute atomic E-state index is 6.41. The van der Waals surface area contributed by atoms with Crippen molar-refractivity contribution in [1.82, 2.24) is 19.9 Å². The molecule has 3 aromatic rings. The second kappa shape index (κ2) is 12.0. The van der Waals surface area contributed by atoms with Crippen molar-refractivity contribution >= 4 is 34.9 Å². The summed E-state index contributed by atoms with van der Waals surface area (Å²) in [5.41, 5.74) is 1.68. The van der Waals surface area contributed by atoms with E-state index in [2.05, 4.69) is 25.2 Å². The van der Waals surface area contributed by atoms with E-state index in [0.717, 1.165) is 67.4 Å². The van der Waals surface area contributed by atoms with Crippen molar-refractivity contribution in [3.63, 3.8) is 0 Å². The molecule has 1 aliphatic rings. The minimum Gasteiger partial charge on any atom is -0.486 e. The molecule has 0 bridgehead atoms. The van der Waals surface area contributed by atoms with Crippen LogP contribution < -0.4 is 10.1 Å². The zero-order valence-corrected chi connectivity index (χ0v) is 19.3. The molecule has 3 heterocycles. The van der Waals surface area contributed by atoms with Crippen LogP contribution in [0.25, 0.3) is 0 Å². The van der Waals surface area contributed by atoms with Gasteiger partial charge in [-0.05, 0) is 49.4 Å². The summed E-state index contributed by atoms with van der Waals surface area (Å²) < 4.78 is 11.2. The Morgan fingerprint density at radius 3 is 2.81 bits per heavy atom. The smallest absolute Gasteiger partial charge is 0.189 e. The van der Waals surface area contributed by atoms with E-state index in [1.807, 2.05) is 42.5 Å². The molecule has 168 valence electrons. The molecule has 1 aliphatic heterocycles. The molecule has 32 heavy (non-hydrogen) atoms. The SMILES string of the molecule is Clc1cc(Nc2ccnc(SCCCN3CCOCC3)n2)ccc1OCc1ccccn1. The number of rotatable bonds is 10.